The van der Waals surface area contributed by atoms with Gasteiger partial charge in [-0.15, -0.1) is 0 Å². The third-order valence-corrected chi connectivity index (χ3v) is 4.21. The number of carbonyl (C=O) groups is 1. The van der Waals surface area contributed by atoms with Gasteiger partial charge in [-0.3, -0.25) is 4.79 Å². The summed E-state index contributed by atoms with van der Waals surface area (Å²) in [7, 11) is 1.46. The molecule has 0 heterocycles. The van der Waals surface area contributed by atoms with Crippen LogP contribution in [0.1, 0.15) is 51.0 Å². The molecule has 0 bridgehead atoms. The predicted octanol–water partition coefficient (Wildman–Crippen LogP) is 3.91. The summed E-state index contributed by atoms with van der Waals surface area (Å²) in [6.45, 7) is 2.43. The number of nitrogens with zero attached hydrogens (tertiary/aromatic N) is 1. The SMILES string of the molecule is CCC(=O)N(Cc1ccc(F)c(OC)c1)C1CCCCC1. The highest BCUT2D eigenvalue weighted by Crippen LogP contribution is 2.26. The fourth-order valence-electron chi connectivity index (χ4n) is 3.02. The second-order valence-corrected chi connectivity index (χ2v) is 5.64. The maximum atomic E-state index is 13.5. The molecule has 21 heavy (non-hydrogen) atoms. The lowest BCUT2D eigenvalue weighted by Crippen LogP contribution is -2.40. The molecule has 1 fully saturated rings. The molecule has 2 rings (SSSR count). The first-order chi connectivity index (χ1) is 10.2. The summed E-state index contributed by atoms with van der Waals surface area (Å²) in [5.41, 5.74) is 0.917. The van der Waals surface area contributed by atoms with Crippen molar-refractivity contribution >= 4 is 5.91 Å². The van der Waals surface area contributed by atoms with Crippen LogP contribution in [0.4, 0.5) is 4.39 Å². The molecule has 1 aliphatic carbocycles. The van der Waals surface area contributed by atoms with Crippen LogP contribution in [0.2, 0.25) is 0 Å². The summed E-state index contributed by atoms with van der Waals surface area (Å²) < 4.78 is 18.5. The molecule has 3 nitrogen and oxygen atoms in total. The predicted molar refractivity (Wildman–Crippen MR) is 80.7 cm³/mol. The van der Waals surface area contributed by atoms with Crippen molar-refractivity contribution in [1.29, 1.82) is 0 Å². The van der Waals surface area contributed by atoms with Gasteiger partial charge in [0.1, 0.15) is 0 Å². The number of hydrogen-bond acceptors (Lipinski definition) is 2. The zero-order chi connectivity index (χ0) is 15.2. The number of amides is 1. The second-order valence-electron chi connectivity index (χ2n) is 5.64. The van der Waals surface area contributed by atoms with Gasteiger partial charge in [0.05, 0.1) is 7.11 Å². The molecule has 0 N–H and O–H groups in total. The first kappa shape index (κ1) is 15.8. The molecule has 0 spiro atoms. The van der Waals surface area contributed by atoms with Crippen LogP contribution < -0.4 is 4.74 Å². The van der Waals surface area contributed by atoms with Gasteiger partial charge < -0.3 is 9.64 Å². The maximum absolute atomic E-state index is 13.5. The lowest BCUT2D eigenvalue weighted by atomic mass is 9.93. The van der Waals surface area contributed by atoms with E-state index < -0.39 is 0 Å². The number of methoxy groups -OCH3 is 1. The Kier molecular flexibility index (Phi) is 5.59. The van der Waals surface area contributed by atoms with E-state index in [9.17, 15) is 9.18 Å². The number of rotatable bonds is 5. The summed E-state index contributed by atoms with van der Waals surface area (Å²) in [6.07, 6.45) is 6.29. The fraction of sp³-hybridized carbons (Fsp3) is 0.588. The molecule has 0 atom stereocenters. The van der Waals surface area contributed by atoms with Crippen LogP contribution in [0.15, 0.2) is 18.2 Å². The quantitative estimate of drug-likeness (QED) is 0.824. The van der Waals surface area contributed by atoms with Crippen molar-refractivity contribution in [2.75, 3.05) is 7.11 Å². The van der Waals surface area contributed by atoms with Gasteiger partial charge in [-0.1, -0.05) is 32.3 Å². The lowest BCUT2D eigenvalue weighted by Gasteiger charge is -2.34. The normalized spacial score (nSPS) is 15.8. The van der Waals surface area contributed by atoms with Crippen molar-refractivity contribution in [1.82, 2.24) is 4.90 Å². The van der Waals surface area contributed by atoms with E-state index in [-0.39, 0.29) is 17.5 Å². The van der Waals surface area contributed by atoms with E-state index in [1.165, 1.54) is 32.4 Å². The largest absolute Gasteiger partial charge is 0.494 e. The average Bonchev–Trinajstić information content (AvgIpc) is 2.54. The van der Waals surface area contributed by atoms with Crippen molar-refractivity contribution < 1.29 is 13.9 Å². The lowest BCUT2D eigenvalue weighted by molar-refractivity contribution is -0.134. The second kappa shape index (κ2) is 7.43. The molecular weight excluding hydrogens is 269 g/mol. The van der Waals surface area contributed by atoms with E-state index in [1.807, 2.05) is 11.8 Å². The van der Waals surface area contributed by atoms with Crippen LogP contribution >= 0.6 is 0 Å². The van der Waals surface area contributed by atoms with E-state index in [0.717, 1.165) is 18.4 Å². The van der Waals surface area contributed by atoms with Crippen LogP contribution in [0.3, 0.4) is 0 Å². The Balaban J connectivity index is 2.16. The summed E-state index contributed by atoms with van der Waals surface area (Å²) in [4.78, 5) is 14.2. The minimum Gasteiger partial charge on any atom is -0.494 e. The zero-order valence-electron chi connectivity index (χ0n) is 12.9. The molecule has 116 valence electrons. The van der Waals surface area contributed by atoms with E-state index in [4.69, 9.17) is 4.74 Å². The molecule has 0 aliphatic heterocycles. The number of benzene rings is 1. The molecule has 4 heteroatoms. The van der Waals surface area contributed by atoms with E-state index >= 15 is 0 Å². The maximum Gasteiger partial charge on any atom is 0.222 e. The van der Waals surface area contributed by atoms with Gasteiger partial charge in [0.15, 0.2) is 11.6 Å². The summed E-state index contributed by atoms with van der Waals surface area (Å²) in [5.74, 6) is 0.0394. The smallest absolute Gasteiger partial charge is 0.222 e. The van der Waals surface area contributed by atoms with Gasteiger partial charge in [-0.25, -0.2) is 4.39 Å². The summed E-state index contributed by atoms with van der Waals surface area (Å²) >= 11 is 0. The van der Waals surface area contributed by atoms with Crippen molar-refractivity contribution in [3.05, 3.63) is 29.6 Å². The van der Waals surface area contributed by atoms with Crippen LogP contribution in [0, 0.1) is 5.82 Å². The van der Waals surface area contributed by atoms with E-state index in [0.29, 0.717) is 19.0 Å². The van der Waals surface area contributed by atoms with Crippen molar-refractivity contribution in [3.8, 4) is 5.75 Å². The Labute approximate surface area is 126 Å². The van der Waals surface area contributed by atoms with Crippen molar-refractivity contribution in [3.63, 3.8) is 0 Å². The molecule has 1 aliphatic rings. The standard InChI is InChI=1S/C17H24FNO2/c1-3-17(20)19(14-7-5-4-6-8-14)12-13-9-10-15(18)16(11-13)21-2/h9-11,14H,3-8,12H2,1-2H3. The van der Waals surface area contributed by atoms with Gasteiger partial charge in [0.2, 0.25) is 5.91 Å². The number of carbonyl (C=O) groups excluding carboxylic acids is 1. The number of hydrogen-bond donors (Lipinski definition) is 0. The molecule has 0 aromatic heterocycles. The first-order valence-corrected chi connectivity index (χ1v) is 7.77. The molecule has 1 aromatic carbocycles. The molecule has 0 unspecified atom stereocenters. The Morgan fingerprint density at radius 2 is 2.05 bits per heavy atom. The highest BCUT2D eigenvalue weighted by atomic mass is 19.1. The Morgan fingerprint density at radius 1 is 1.33 bits per heavy atom. The third kappa shape index (κ3) is 3.96. The topological polar surface area (TPSA) is 29.5 Å². The first-order valence-electron chi connectivity index (χ1n) is 7.77. The molecule has 1 amide bonds. The Morgan fingerprint density at radius 3 is 2.67 bits per heavy atom. The minimum absolute atomic E-state index is 0.171. The highest BCUT2D eigenvalue weighted by molar-refractivity contribution is 5.76. The van der Waals surface area contributed by atoms with Crippen molar-refractivity contribution in [2.45, 2.75) is 58.0 Å². The van der Waals surface area contributed by atoms with Crippen LogP contribution in [-0.2, 0) is 11.3 Å². The van der Waals surface area contributed by atoms with Gasteiger partial charge in [-0.05, 0) is 30.5 Å². The highest BCUT2D eigenvalue weighted by Gasteiger charge is 2.24. The number of ether oxygens (including phenoxy) is 1. The van der Waals surface area contributed by atoms with E-state index in [2.05, 4.69) is 0 Å². The summed E-state index contributed by atoms with van der Waals surface area (Å²) in [6, 6.07) is 5.15. The minimum atomic E-state index is -0.368. The van der Waals surface area contributed by atoms with E-state index in [1.54, 1.807) is 12.1 Å². The molecular formula is C17H24FNO2. The number of halogens is 1. The van der Waals surface area contributed by atoms with Crippen LogP contribution in [0.25, 0.3) is 0 Å². The van der Waals surface area contributed by atoms with Gasteiger partial charge in [-0.2, -0.15) is 0 Å². The van der Waals surface area contributed by atoms with Gasteiger partial charge >= 0.3 is 0 Å². The van der Waals surface area contributed by atoms with Gasteiger partial charge in [0, 0.05) is 19.0 Å². The van der Waals surface area contributed by atoms with Gasteiger partial charge in [0.25, 0.3) is 0 Å². The molecule has 0 radical (unpaired) electrons. The summed E-state index contributed by atoms with van der Waals surface area (Å²) in [5, 5.41) is 0. The Hall–Kier alpha value is -1.58. The van der Waals surface area contributed by atoms with Crippen LogP contribution in [0.5, 0.6) is 5.75 Å². The monoisotopic (exact) mass is 293 g/mol. The fourth-order valence-corrected chi connectivity index (χ4v) is 3.02. The van der Waals surface area contributed by atoms with Crippen molar-refractivity contribution in [2.24, 2.45) is 0 Å². The Bertz CT molecular complexity index is 484. The molecule has 1 aromatic rings. The zero-order valence-corrected chi connectivity index (χ0v) is 12.9. The molecule has 0 saturated heterocycles. The average molecular weight is 293 g/mol. The third-order valence-electron chi connectivity index (χ3n) is 4.21. The molecule has 1 saturated carbocycles. The van der Waals surface area contributed by atoms with Crippen LogP contribution in [-0.4, -0.2) is 24.0 Å².